The maximum absolute atomic E-state index is 11.3. The fraction of sp³-hybridized carbons (Fsp3) is 0.0400. The number of hydrogen-bond acceptors (Lipinski definition) is 6. The summed E-state index contributed by atoms with van der Waals surface area (Å²) in [7, 11) is 1.57. The fourth-order valence-electron chi connectivity index (χ4n) is 3.62. The zero-order valence-electron chi connectivity index (χ0n) is 17.4. The Balaban J connectivity index is 2.05. The number of halogens is 1. The van der Waals surface area contributed by atoms with Gasteiger partial charge in [-0.05, 0) is 35.4 Å². The number of pyridine rings is 1. The van der Waals surface area contributed by atoms with Gasteiger partial charge in [0, 0.05) is 33.8 Å². The summed E-state index contributed by atoms with van der Waals surface area (Å²) in [6.45, 7) is 0. The first kappa shape index (κ1) is 21.8. The van der Waals surface area contributed by atoms with Crippen LogP contribution in [0.3, 0.4) is 0 Å². The van der Waals surface area contributed by atoms with Gasteiger partial charge < -0.3 is 10.5 Å². The van der Waals surface area contributed by atoms with Gasteiger partial charge in [-0.2, -0.15) is 5.26 Å². The molecule has 0 unspecified atom stereocenters. The Morgan fingerprint density at radius 1 is 1.00 bits per heavy atom. The van der Waals surface area contributed by atoms with E-state index >= 15 is 0 Å². The number of anilines is 1. The average molecular weight is 457 g/mol. The first-order valence-corrected chi connectivity index (χ1v) is 10.2. The molecular formula is C25H17ClN4O3. The van der Waals surface area contributed by atoms with Crippen molar-refractivity contribution in [2.75, 3.05) is 12.8 Å². The van der Waals surface area contributed by atoms with Crippen LogP contribution in [0.15, 0.2) is 72.8 Å². The van der Waals surface area contributed by atoms with E-state index in [-0.39, 0.29) is 11.4 Å². The molecule has 162 valence electrons. The highest BCUT2D eigenvalue weighted by Crippen LogP contribution is 2.43. The monoisotopic (exact) mass is 456 g/mol. The Labute approximate surface area is 194 Å². The predicted molar refractivity (Wildman–Crippen MR) is 128 cm³/mol. The van der Waals surface area contributed by atoms with Gasteiger partial charge in [0.25, 0.3) is 5.69 Å². The third kappa shape index (κ3) is 4.20. The molecular weight excluding hydrogens is 440 g/mol. The molecule has 0 aliphatic carbocycles. The zero-order chi connectivity index (χ0) is 23.5. The van der Waals surface area contributed by atoms with Crippen LogP contribution in [0.25, 0.3) is 33.5 Å². The molecule has 33 heavy (non-hydrogen) atoms. The molecule has 4 rings (SSSR count). The second kappa shape index (κ2) is 8.99. The molecule has 0 fully saturated rings. The van der Waals surface area contributed by atoms with Crippen LogP contribution < -0.4 is 10.5 Å². The predicted octanol–water partition coefficient (Wildman–Crippen LogP) is 6.11. The minimum absolute atomic E-state index is 0.0901. The van der Waals surface area contributed by atoms with E-state index < -0.39 is 4.92 Å². The highest BCUT2D eigenvalue weighted by molar-refractivity contribution is 6.30. The number of nitrogens with two attached hydrogens (primary N) is 1. The summed E-state index contributed by atoms with van der Waals surface area (Å²) >= 11 is 6.08. The lowest BCUT2D eigenvalue weighted by Crippen LogP contribution is -2.04. The van der Waals surface area contributed by atoms with Crippen LogP contribution in [0.1, 0.15) is 5.69 Å². The number of nitro groups is 1. The molecule has 0 aliphatic heterocycles. The summed E-state index contributed by atoms with van der Waals surface area (Å²) in [4.78, 5) is 15.5. The summed E-state index contributed by atoms with van der Waals surface area (Å²) in [5, 5.41) is 21.8. The van der Waals surface area contributed by atoms with Crippen molar-refractivity contribution in [1.29, 1.82) is 5.26 Å². The largest absolute Gasteiger partial charge is 0.497 e. The number of nitro benzene ring substituents is 1. The Kier molecular flexibility index (Phi) is 5.94. The zero-order valence-corrected chi connectivity index (χ0v) is 18.2. The fourth-order valence-corrected chi connectivity index (χ4v) is 3.74. The van der Waals surface area contributed by atoms with E-state index in [0.717, 1.165) is 0 Å². The van der Waals surface area contributed by atoms with Crippen molar-refractivity contribution in [3.63, 3.8) is 0 Å². The number of nitrogen functional groups attached to an aromatic ring is 1. The molecule has 7 nitrogen and oxygen atoms in total. The molecule has 4 aromatic rings. The van der Waals surface area contributed by atoms with Gasteiger partial charge in [-0.15, -0.1) is 0 Å². The number of non-ortho nitro benzene ring substituents is 1. The van der Waals surface area contributed by atoms with E-state index in [1.165, 1.54) is 12.1 Å². The van der Waals surface area contributed by atoms with Crippen molar-refractivity contribution < 1.29 is 9.66 Å². The second-order valence-corrected chi connectivity index (χ2v) is 7.56. The van der Waals surface area contributed by atoms with Crippen LogP contribution in [0.4, 0.5) is 11.4 Å². The molecule has 0 bridgehead atoms. The van der Waals surface area contributed by atoms with Crippen LogP contribution >= 0.6 is 11.6 Å². The van der Waals surface area contributed by atoms with E-state index in [9.17, 15) is 15.4 Å². The van der Waals surface area contributed by atoms with Crippen molar-refractivity contribution in [3.05, 3.63) is 93.6 Å². The number of nitriles is 1. The number of rotatable bonds is 5. The average Bonchev–Trinajstić information content (AvgIpc) is 2.84. The first-order chi connectivity index (χ1) is 15.9. The molecule has 0 aliphatic rings. The van der Waals surface area contributed by atoms with Crippen molar-refractivity contribution in [1.82, 2.24) is 4.98 Å². The Morgan fingerprint density at radius 3 is 2.24 bits per heavy atom. The molecule has 0 radical (unpaired) electrons. The molecule has 3 aromatic carbocycles. The molecule has 0 saturated carbocycles. The molecule has 0 saturated heterocycles. The minimum atomic E-state index is -0.480. The molecule has 0 atom stereocenters. The highest BCUT2D eigenvalue weighted by Gasteiger charge is 2.22. The van der Waals surface area contributed by atoms with Crippen molar-refractivity contribution in [2.45, 2.75) is 0 Å². The minimum Gasteiger partial charge on any atom is -0.497 e. The number of hydrogen-bond donors (Lipinski definition) is 1. The Hall–Kier alpha value is -4.41. The molecule has 2 N–H and O–H groups in total. The van der Waals surface area contributed by atoms with Gasteiger partial charge in [0.15, 0.2) is 5.69 Å². The topological polar surface area (TPSA) is 115 Å². The van der Waals surface area contributed by atoms with Crippen molar-refractivity contribution in [2.24, 2.45) is 0 Å². The molecule has 1 heterocycles. The standard InChI is InChI=1S/C25H17ClN4O3/c1-33-20-11-7-15(8-12-20)22-21(14-27)29-25(17-3-2-4-19(13-17)30(31)32)23(24(22)28)16-5-9-18(26)10-6-16/h2-13H,1H3,(H2,28,29). The second-order valence-electron chi connectivity index (χ2n) is 7.13. The van der Waals surface area contributed by atoms with Crippen LogP contribution in [0.5, 0.6) is 5.75 Å². The highest BCUT2D eigenvalue weighted by atomic mass is 35.5. The van der Waals surface area contributed by atoms with Gasteiger partial charge in [-0.3, -0.25) is 10.1 Å². The van der Waals surface area contributed by atoms with Crippen LogP contribution in [0, 0.1) is 21.4 Å². The smallest absolute Gasteiger partial charge is 0.270 e. The van der Waals surface area contributed by atoms with Crippen LogP contribution in [-0.2, 0) is 0 Å². The molecule has 0 spiro atoms. The molecule has 8 heteroatoms. The maximum atomic E-state index is 11.3. The van der Waals surface area contributed by atoms with Crippen molar-refractivity contribution in [3.8, 4) is 45.3 Å². The third-order valence-corrected chi connectivity index (χ3v) is 5.44. The SMILES string of the molecule is COc1ccc(-c2c(C#N)nc(-c3cccc([N+](=O)[O-])c3)c(-c3ccc(Cl)cc3)c2N)cc1. The lowest BCUT2D eigenvalue weighted by atomic mass is 9.91. The number of ether oxygens (including phenoxy) is 1. The summed E-state index contributed by atoms with van der Waals surface area (Å²) in [5.41, 5.74) is 10.3. The lowest BCUT2D eigenvalue weighted by molar-refractivity contribution is -0.384. The van der Waals surface area contributed by atoms with E-state index in [2.05, 4.69) is 11.1 Å². The number of aromatic nitrogens is 1. The van der Waals surface area contributed by atoms with Gasteiger partial charge >= 0.3 is 0 Å². The molecule has 0 amide bonds. The Morgan fingerprint density at radius 2 is 1.64 bits per heavy atom. The normalized spacial score (nSPS) is 10.5. The summed E-state index contributed by atoms with van der Waals surface area (Å²) < 4.78 is 5.22. The summed E-state index contributed by atoms with van der Waals surface area (Å²) in [5.74, 6) is 0.662. The maximum Gasteiger partial charge on any atom is 0.270 e. The number of benzene rings is 3. The van der Waals surface area contributed by atoms with Crippen LogP contribution in [-0.4, -0.2) is 17.0 Å². The van der Waals surface area contributed by atoms with E-state index in [0.29, 0.717) is 50.0 Å². The van der Waals surface area contributed by atoms with Crippen LogP contribution in [0.2, 0.25) is 5.02 Å². The van der Waals surface area contributed by atoms with Gasteiger partial charge in [-0.25, -0.2) is 4.98 Å². The van der Waals surface area contributed by atoms with Gasteiger partial charge in [0.05, 0.1) is 23.4 Å². The number of nitrogens with zero attached hydrogens (tertiary/aromatic N) is 3. The van der Waals surface area contributed by atoms with Gasteiger partial charge in [0.1, 0.15) is 11.8 Å². The van der Waals surface area contributed by atoms with Crippen molar-refractivity contribution >= 4 is 23.0 Å². The van der Waals surface area contributed by atoms with E-state index in [1.54, 1.807) is 67.8 Å². The number of methoxy groups -OCH3 is 1. The summed E-state index contributed by atoms with van der Waals surface area (Å²) in [6.07, 6.45) is 0. The molecule has 1 aromatic heterocycles. The van der Waals surface area contributed by atoms with Gasteiger partial charge in [0.2, 0.25) is 0 Å². The lowest BCUT2D eigenvalue weighted by Gasteiger charge is -2.18. The third-order valence-electron chi connectivity index (χ3n) is 5.18. The quantitative estimate of drug-likeness (QED) is 0.286. The van der Waals surface area contributed by atoms with E-state index in [4.69, 9.17) is 22.1 Å². The Bertz CT molecular complexity index is 1400. The van der Waals surface area contributed by atoms with Gasteiger partial charge in [-0.1, -0.05) is 48.0 Å². The summed E-state index contributed by atoms with van der Waals surface area (Å²) in [6, 6.07) is 22.4. The van der Waals surface area contributed by atoms with E-state index in [1.807, 2.05) is 0 Å². The first-order valence-electron chi connectivity index (χ1n) is 9.81.